The lowest BCUT2D eigenvalue weighted by molar-refractivity contribution is -0.308. The quantitative estimate of drug-likeness (QED) is 0.0193. The van der Waals surface area contributed by atoms with Gasteiger partial charge in [-0.1, -0.05) is 160 Å². The third-order valence-corrected chi connectivity index (χ3v) is 23.3. The molecule has 0 bridgehead atoms. The van der Waals surface area contributed by atoms with Crippen LogP contribution in [0.15, 0.2) is 103 Å². The molecule has 3 saturated heterocycles. The predicted octanol–water partition coefficient (Wildman–Crippen LogP) is 5.58. The number of carbonyl (C=O) groups excluding carboxylic acids is 12. The van der Waals surface area contributed by atoms with Gasteiger partial charge in [0.15, 0.2) is 37.0 Å². The van der Waals surface area contributed by atoms with Crippen molar-refractivity contribution in [2.24, 2.45) is 29.6 Å². The summed E-state index contributed by atoms with van der Waals surface area (Å²) < 4.78 is 69.6. The third kappa shape index (κ3) is 26.3. The maximum atomic E-state index is 15.1. The van der Waals surface area contributed by atoms with Crippen LogP contribution in [0, 0.1) is 29.6 Å². The predicted molar refractivity (Wildman–Crippen MR) is 453 cm³/mol. The van der Waals surface area contributed by atoms with Crippen LogP contribution in [0.1, 0.15) is 157 Å². The molecule has 37 heteroatoms. The van der Waals surface area contributed by atoms with Crippen molar-refractivity contribution in [3.63, 3.8) is 0 Å². The summed E-state index contributed by atoms with van der Waals surface area (Å²) >= 11 is 0. The number of methoxy groups -OCH3 is 2. The van der Waals surface area contributed by atoms with Crippen LogP contribution in [0.2, 0.25) is 0 Å². The molecule has 0 aromatic heterocycles. The van der Waals surface area contributed by atoms with Gasteiger partial charge < -0.3 is 114 Å². The highest BCUT2D eigenvalue weighted by molar-refractivity contribution is 5.99. The molecule has 3 aliphatic heterocycles. The van der Waals surface area contributed by atoms with Crippen LogP contribution in [-0.2, 0) is 116 Å². The number of aliphatic hydroxyl groups excluding tert-OH is 3. The largest absolute Gasteiger partial charge is 0.479 e. The van der Waals surface area contributed by atoms with Gasteiger partial charge in [0, 0.05) is 74.2 Å². The SMILES string of the molecule is CCC(C)C(C(CC(=O)N1CCCC1C(OC)C(C)C(=O)NC(C)C(OC1OC(C(=O)O)C(O)C(O)C1O)c1ccccc1)OC)N(C)C(=O)C(NC(=O)C(C(C)C)N(C)C(=O)OCc1ccc(NC(=O)C(COC2OC(COC(C)=O)C(OC(C)=O)C(OC(C)=O)C2OC(C)=O)NC(=O)C(NC(=O)OCC2c3ccccc3-c3ccccc32)C(C)C)cc1)C(C)C. The van der Waals surface area contributed by atoms with E-state index in [1.807, 2.05) is 62.4 Å². The van der Waals surface area contributed by atoms with Crippen molar-refractivity contribution in [3.05, 3.63) is 125 Å². The van der Waals surface area contributed by atoms with Crippen molar-refractivity contribution in [2.75, 3.05) is 60.0 Å². The summed E-state index contributed by atoms with van der Waals surface area (Å²) in [6.45, 7) is 19.9. The number of carbonyl (C=O) groups is 13. The molecule has 22 atom stereocenters. The van der Waals surface area contributed by atoms with E-state index in [1.165, 1.54) is 50.4 Å². The van der Waals surface area contributed by atoms with Crippen LogP contribution in [-0.4, -0.2) is 283 Å². The van der Waals surface area contributed by atoms with E-state index in [1.54, 1.807) is 97.7 Å². The number of fused-ring (bicyclic) bond motifs is 3. The highest BCUT2D eigenvalue weighted by Gasteiger charge is 2.55. The molecule has 3 heterocycles. The summed E-state index contributed by atoms with van der Waals surface area (Å²) in [4.78, 5) is 183. The van der Waals surface area contributed by atoms with Gasteiger partial charge in [0.2, 0.25) is 35.4 Å². The summed E-state index contributed by atoms with van der Waals surface area (Å²) in [7, 11) is 5.82. The fourth-order valence-corrected chi connectivity index (χ4v) is 16.6. The summed E-state index contributed by atoms with van der Waals surface area (Å²) in [6, 6.07) is 22.2. The summed E-state index contributed by atoms with van der Waals surface area (Å²) in [6.07, 6.45) is -21.1. The molecule has 127 heavy (non-hydrogen) atoms. The molecule has 4 aromatic carbocycles. The lowest BCUT2D eigenvalue weighted by Crippen LogP contribution is -2.63. The average Bonchev–Trinajstić information content (AvgIpc) is 1.60. The number of hydrogen-bond acceptors (Lipinski definition) is 28. The number of aliphatic carboxylic acids is 1. The molecule has 0 saturated carbocycles. The minimum absolute atomic E-state index is 0.0949. The van der Waals surface area contributed by atoms with Crippen LogP contribution in [0.25, 0.3) is 11.1 Å². The maximum Gasteiger partial charge on any atom is 0.410 e. The number of nitrogens with one attached hydrogen (secondary N) is 5. The number of ether oxygens (including phenoxy) is 12. The number of alkyl carbamates (subject to hydrolysis) is 1. The van der Waals surface area contributed by atoms with E-state index in [2.05, 4.69) is 26.6 Å². The number of amides is 8. The lowest BCUT2D eigenvalue weighted by Gasteiger charge is -2.44. The van der Waals surface area contributed by atoms with Gasteiger partial charge >= 0.3 is 42.0 Å². The Kier molecular flexibility index (Phi) is 37.5. The third-order valence-electron chi connectivity index (χ3n) is 23.3. The van der Waals surface area contributed by atoms with E-state index in [0.717, 1.165) is 54.8 Å². The standard InChI is InChI=1S/C90H124N8O29/c1-19-48(8)71(65(116-17)40-67(103)98-39-27-34-64(98)75(117-18)49(9)81(107)91-50(10)76(56-28-21-20-22-29-56)126-87-74(106)72(104)73(105)78(127-87)86(112)113)96(15)85(111)69(46(4)5)94-84(110)70(47(6)7)97(16)90(115)121-41-55-35-37-57(38-36-55)92-82(108)63(43-119-88-80(124-54(14)102)79(123-53(13)101)77(122-52(12)100)66(125-88)44-118-51(11)99)93-83(109)68(45(2)3)95-89(114)120-42-62-60-32-25-23-30-58(60)59-31-24-26-33-61(59)62/h20-26,28-33,35-38,45-50,62-66,68-80,87-88,104-106H,19,27,34,39-44H2,1-18H3,(H,91,107)(H,92,108)(H,93,109)(H,94,110)(H,95,114)(H,112,113). The second-order valence-corrected chi connectivity index (χ2v) is 33.5. The number of hydrogen-bond donors (Lipinski definition) is 9. The molecule has 0 spiro atoms. The van der Waals surface area contributed by atoms with Crippen molar-refractivity contribution in [1.29, 1.82) is 0 Å². The van der Waals surface area contributed by atoms with E-state index < -0.39 is 230 Å². The molecule has 698 valence electrons. The first-order valence-electron chi connectivity index (χ1n) is 42.6. The number of likely N-dealkylation sites (N-methyl/N-ethyl adjacent to an activating group) is 2. The molecule has 22 unspecified atom stereocenters. The molecule has 37 nitrogen and oxygen atoms in total. The second-order valence-electron chi connectivity index (χ2n) is 33.5. The normalized spacial score (nSPS) is 22.9. The maximum absolute atomic E-state index is 15.1. The van der Waals surface area contributed by atoms with E-state index in [-0.39, 0.29) is 43.1 Å². The fourth-order valence-electron chi connectivity index (χ4n) is 16.6. The number of anilines is 1. The van der Waals surface area contributed by atoms with Crippen molar-refractivity contribution >= 4 is 83.2 Å². The second kappa shape index (κ2) is 46.8. The molecule has 8 rings (SSSR count). The Bertz CT molecular complexity index is 4400. The molecule has 8 amide bonds. The highest BCUT2D eigenvalue weighted by Crippen LogP contribution is 2.45. The zero-order valence-corrected chi connectivity index (χ0v) is 75.0. The number of benzene rings is 4. The number of carboxylic acids is 1. The van der Waals surface area contributed by atoms with Gasteiger partial charge in [-0.15, -0.1) is 0 Å². The Balaban J connectivity index is 0.923. The van der Waals surface area contributed by atoms with Crippen LogP contribution < -0.4 is 26.6 Å². The number of carboxylic acid groups (broad SMARTS) is 1. The Morgan fingerprint density at radius 2 is 1.17 bits per heavy atom. The Morgan fingerprint density at radius 3 is 1.72 bits per heavy atom. The molecule has 0 radical (unpaired) electrons. The minimum Gasteiger partial charge on any atom is -0.479 e. The molecule has 3 fully saturated rings. The van der Waals surface area contributed by atoms with Crippen molar-refractivity contribution in [1.82, 2.24) is 36.0 Å². The van der Waals surface area contributed by atoms with Gasteiger partial charge in [0.25, 0.3) is 0 Å². The van der Waals surface area contributed by atoms with Crippen LogP contribution in [0.4, 0.5) is 15.3 Å². The average molecular weight is 1780 g/mol. The number of aliphatic hydroxyl groups is 3. The highest BCUT2D eigenvalue weighted by atomic mass is 16.7. The topological polar surface area (TPSA) is 483 Å². The summed E-state index contributed by atoms with van der Waals surface area (Å²) in [5.41, 5.74) is 4.87. The van der Waals surface area contributed by atoms with Crippen molar-refractivity contribution in [2.45, 2.75) is 257 Å². The zero-order chi connectivity index (χ0) is 93.7. The van der Waals surface area contributed by atoms with Gasteiger partial charge in [-0.3, -0.25) is 52.8 Å². The minimum atomic E-state index is -1.97. The van der Waals surface area contributed by atoms with Gasteiger partial charge in [0.05, 0.1) is 49.3 Å². The van der Waals surface area contributed by atoms with Gasteiger partial charge in [-0.25, -0.2) is 14.4 Å². The fraction of sp³-hybridized carbons (Fsp3) is 0.589. The number of esters is 4. The molecule has 9 N–H and O–H groups in total. The molecular weight excluding hydrogens is 1660 g/mol. The summed E-state index contributed by atoms with van der Waals surface area (Å²) in [5.74, 6) is -12.3. The first kappa shape index (κ1) is 102. The molecular formula is C90H124N8O29. The van der Waals surface area contributed by atoms with Crippen LogP contribution in [0.3, 0.4) is 0 Å². The molecule has 4 aromatic rings. The molecule has 4 aliphatic rings. The Hall–Kier alpha value is -10.8. The monoisotopic (exact) mass is 1780 g/mol. The smallest absolute Gasteiger partial charge is 0.410 e. The van der Waals surface area contributed by atoms with Gasteiger partial charge in [-0.05, 0) is 89.0 Å². The number of nitrogens with zero attached hydrogens (tertiary/aromatic N) is 3. The zero-order valence-electron chi connectivity index (χ0n) is 75.0. The van der Waals surface area contributed by atoms with E-state index >= 15 is 4.79 Å². The first-order valence-corrected chi connectivity index (χ1v) is 42.6. The Labute approximate surface area is 738 Å². The van der Waals surface area contributed by atoms with Crippen molar-refractivity contribution < 1.29 is 140 Å². The number of likely N-dealkylation sites (tertiary alicyclic amines) is 1. The van der Waals surface area contributed by atoms with Crippen LogP contribution >= 0.6 is 0 Å². The van der Waals surface area contributed by atoms with E-state index in [9.17, 15) is 78.0 Å². The van der Waals surface area contributed by atoms with Crippen LogP contribution in [0.5, 0.6) is 0 Å². The Morgan fingerprint density at radius 1 is 0.575 bits per heavy atom. The molecule has 1 aliphatic carbocycles. The summed E-state index contributed by atoms with van der Waals surface area (Å²) in [5, 5.41) is 55.4. The van der Waals surface area contributed by atoms with Gasteiger partial charge in [-0.2, -0.15) is 0 Å². The van der Waals surface area contributed by atoms with E-state index in [0.29, 0.717) is 36.9 Å². The lowest BCUT2D eigenvalue weighted by atomic mass is 9.89. The van der Waals surface area contributed by atoms with Crippen molar-refractivity contribution in [3.8, 4) is 11.1 Å². The number of rotatable bonds is 41. The van der Waals surface area contributed by atoms with Gasteiger partial charge in [0.1, 0.15) is 74.5 Å². The van der Waals surface area contributed by atoms with E-state index in [4.69, 9.17) is 56.8 Å². The first-order chi connectivity index (χ1) is 60.1.